The molecule has 0 N–H and O–H groups in total. The van der Waals surface area contributed by atoms with E-state index in [0.29, 0.717) is 0 Å². The monoisotopic (exact) mass is 524 g/mol. The van der Waals surface area contributed by atoms with E-state index in [1.807, 2.05) is 0 Å². The molecule has 27 heavy (non-hydrogen) atoms. The Kier molecular flexibility index (Phi) is 8.15. The summed E-state index contributed by atoms with van der Waals surface area (Å²) in [6.07, 6.45) is 0. The average Bonchev–Trinajstić information content (AvgIpc) is 2.39. The first kappa shape index (κ1) is 25.4. The van der Waals surface area contributed by atoms with Crippen LogP contribution in [-0.4, -0.2) is 20.6 Å². The van der Waals surface area contributed by atoms with Gasteiger partial charge in [0.25, 0.3) is 0 Å². The minimum absolute atomic E-state index is 0.108. The van der Waals surface area contributed by atoms with E-state index in [0.717, 1.165) is 15.1 Å². The zero-order valence-corrected chi connectivity index (χ0v) is 23.3. The molecule has 0 saturated heterocycles. The number of hydrogen-bond acceptors (Lipinski definition) is 2. The van der Waals surface area contributed by atoms with Crippen LogP contribution in [0.25, 0.3) is 0 Å². The lowest BCUT2D eigenvalue weighted by molar-refractivity contribution is 0.511. The van der Waals surface area contributed by atoms with Crippen LogP contribution in [0.4, 0.5) is 0 Å². The largest absolute Gasteiger partial charge is 0.472 e. The van der Waals surface area contributed by atoms with Gasteiger partial charge < -0.3 is 9.05 Å². The predicted octanol–water partition coefficient (Wildman–Crippen LogP) is 9.04. The Bertz CT molecular complexity index is 551. The Labute approximate surface area is 184 Å². The Morgan fingerprint density at radius 1 is 0.593 bits per heavy atom. The van der Waals surface area contributed by atoms with Gasteiger partial charge in [-0.1, -0.05) is 89.2 Å². The third kappa shape index (κ3) is 7.31. The van der Waals surface area contributed by atoms with Crippen LogP contribution in [0.2, 0.25) is 0 Å². The summed E-state index contributed by atoms with van der Waals surface area (Å²) in [5, 5.41) is 0.432. The maximum Gasteiger partial charge on any atom is 0.140 e. The second kappa shape index (κ2) is 8.65. The normalized spacial score (nSPS) is 14.0. The highest BCUT2D eigenvalue weighted by Gasteiger charge is 2.40. The van der Waals surface area contributed by atoms with E-state index in [1.54, 1.807) is 0 Å². The lowest BCUT2D eigenvalue weighted by Gasteiger charge is -2.41. The van der Waals surface area contributed by atoms with Gasteiger partial charge in [0.2, 0.25) is 0 Å². The highest BCUT2D eigenvalue weighted by atomic mass is 127. The molecule has 0 unspecified atom stereocenters. The molecular formula is C22H39IO2P2. The van der Waals surface area contributed by atoms with E-state index in [1.165, 1.54) is 0 Å². The van der Waals surface area contributed by atoms with Gasteiger partial charge in [0.1, 0.15) is 11.5 Å². The fraction of sp³-hybridized carbons (Fsp3) is 0.727. The quantitative estimate of drug-likeness (QED) is 0.289. The van der Waals surface area contributed by atoms with Crippen molar-refractivity contribution in [3.63, 3.8) is 0 Å². The van der Waals surface area contributed by atoms with Crippen LogP contribution in [-0.2, 0) is 0 Å². The smallest absolute Gasteiger partial charge is 0.140 e. The van der Waals surface area contributed by atoms with E-state index in [2.05, 4.69) is 124 Å². The molecule has 0 spiro atoms. The van der Waals surface area contributed by atoms with Crippen LogP contribution < -0.4 is 9.05 Å². The molecule has 0 aliphatic heterocycles. The van der Waals surface area contributed by atoms with Crippen molar-refractivity contribution in [3.8, 4) is 11.5 Å². The first-order valence-corrected chi connectivity index (χ1v) is 13.2. The Hall–Kier alpha value is 0.410. The summed E-state index contributed by atoms with van der Waals surface area (Å²) < 4.78 is 14.4. The molecule has 2 nitrogen and oxygen atoms in total. The van der Waals surface area contributed by atoms with Crippen LogP contribution in [0.15, 0.2) is 18.2 Å². The molecular weight excluding hydrogens is 485 g/mol. The van der Waals surface area contributed by atoms with Gasteiger partial charge in [0.15, 0.2) is 0 Å². The van der Waals surface area contributed by atoms with Crippen molar-refractivity contribution in [2.75, 3.05) is 0 Å². The minimum atomic E-state index is -0.668. The lowest BCUT2D eigenvalue weighted by Crippen LogP contribution is -2.28. The molecule has 0 aromatic heterocycles. The molecule has 5 heteroatoms. The van der Waals surface area contributed by atoms with Crippen molar-refractivity contribution >= 4 is 38.9 Å². The summed E-state index contributed by atoms with van der Waals surface area (Å²) in [4.78, 5) is 0. The molecule has 0 saturated carbocycles. The van der Waals surface area contributed by atoms with Crippen molar-refractivity contribution < 1.29 is 9.05 Å². The molecule has 0 fully saturated rings. The summed E-state index contributed by atoms with van der Waals surface area (Å²) in [5.41, 5.74) is 0. The minimum Gasteiger partial charge on any atom is -0.472 e. The van der Waals surface area contributed by atoms with Crippen LogP contribution in [0, 0.1) is 3.57 Å². The van der Waals surface area contributed by atoms with E-state index in [-0.39, 0.29) is 20.6 Å². The van der Waals surface area contributed by atoms with Gasteiger partial charge in [-0.25, -0.2) is 0 Å². The molecule has 156 valence electrons. The molecule has 0 heterocycles. The number of rotatable bonds is 4. The molecule has 1 aromatic carbocycles. The Morgan fingerprint density at radius 3 is 1.07 bits per heavy atom. The second-order valence-corrected chi connectivity index (χ2v) is 19.0. The van der Waals surface area contributed by atoms with Crippen LogP contribution in [0.3, 0.4) is 0 Å². The number of benzene rings is 1. The molecule has 0 aliphatic carbocycles. The van der Waals surface area contributed by atoms with Crippen molar-refractivity contribution in [2.45, 2.75) is 104 Å². The fourth-order valence-corrected chi connectivity index (χ4v) is 10.1. The standard InChI is InChI=1S/C22H39IO2P2/c1-19(2,3)26(20(4,5)6)24-16-14-13-15-17(18(16)23)25-27(21(7,8)9)22(10,11)12/h13-15H,1-12H3. The summed E-state index contributed by atoms with van der Waals surface area (Å²) in [6.45, 7) is 27.3. The van der Waals surface area contributed by atoms with Crippen molar-refractivity contribution in [1.29, 1.82) is 0 Å². The van der Waals surface area contributed by atoms with Crippen LogP contribution in [0.5, 0.6) is 11.5 Å². The first-order chi connectivity index (χ1) is 11.8. The molecule has 0 radical (unpaired) electrons. The zero-order valence-electron chi connectivity index (χ0n) is 19.3. The molecule has 0 aliphatic rings. The van der Waals surface area contributed by atoms with Crippen molar-refractivity contribution in [1.82, 2.24) is 0 Å². The third-order valence-corrected chi connectivity index (χ3v) is 10.4. The van der Waals surface area contributed by atoms with Gasteiger partial charge >= 0.3 is 0 Å². The second-order valence-electron chi connectivity index (χ2n) is 11.0. The lowest BCUT2D eigenvalue weighted by atomic mass is 10.2. The first-order valence-electron chi connectivity index (χ1n) is 9.60. The van der Waals surface area contributed by atoms with Gasteiger partial charge in [0, 0.05) is 20.6 Å². The molecule has 0 atom stereocenters. The highest BCUT2D eigenvalue weighted by molar-refractivity contribution is 14.1. The topological polar surface area (TPSA) is 18.5 Å². The number of halogens is 1. The van der Waals surface area contributed by atoms with Gasteiger partial charge in [0.05, 0.1) is 19.9 Å². The van der Waals surface area contributed by atoms with E-state index in [9.17, 15) is 0 Å². The van der Waals surface area contributed by atoms with E-state index in [4.69, 9.17) is 9.05 Å². The maximum absolute atomic E-state index is 6.65. The van der Waals surface area contributed by atoms with Crippen molar-refractivity contribution in [3.05, 3.63) is 21.8 Å². The van der Waals surface area contributed by atoms with Gasteiger partial charge in [-0.2, -0.15) is 0 Å². The highest BCUT2D eigenvalue weighted by Crippen LogP contribution is 2.62. The van der Waals surface area contributed by atoms with Gasteiger partial charge in [-0.3, -0.25) is 0 Å². The van der Waals surface area contributed by atoms with E-state index < -0.39 is 16.3 Å². The Balaban J connectivity index is 3.27. The fourth-order valence-electron chi connectivity index (χ4n) is 3.39. The molecule has 0 bridgehead atoms. The molecule has 0 amide bonds. The van der Waals surface area contributed by atoms with E-state index >= 15 is 0 Å². The Morgan fingerprint density at radius 2 is 0.852 bits per heavy atom. The van der Waals surface area contributed by atoms with Crippen molar-refractivity contribution in [2.24, 2.45) is 0 Å². The van der Waals surface area contributed by atoms with Gasteiger partial charge in [-0.05, 0) is 34.7 Å². The third-order valence-electron chi connectivity index (χ3n) is 3.74. The number of hydrogen-bond donors (Lipinski definition) is 0. The summed E-state index contributed by atoms with van der Waals surface area (Å²) in [6, 6.07) is 6.22. The molecule has 1 aromatic rings. The summed E-state index contributed by atoms with van der Waals surface area (Å²) in [5.74, 6) is 1.89. The SMILES string of the molecule is CC(C)(C)P(Oc1cccc(OP(C(C)(C)C)C(C)(C)C)c1I)C(C)(C)C. The zero-order chi connectivity index (χ0) is 21.4. The average molecular weight is 524 g/mol. The summed E-state index contributed by atoms with van der Waals surface area (Å²) in [7, 11) is -1.34. The maximum atomic E-state index is 6.65. The predicted molar refractivity (Wildman–Crippen MR) is 133 cm³/mol. The van der Waals surface area contributed by atoms with Crippen LogP contribution in [0.1, 0.15) is 83.1 Å². The van der Waals surface area contributed by atoms with Gasteiger partial charge in [-0.15, -0.1) is 0 Å². The molecule has 1 rings (SSSR count). The summed E-state index contributed by atoms with van der Waals surface area (Å²) >= 11 is 2.39. The van der Waals surface area contributed by atoms with Crippen LogP contribution >= 0.6 is 38.9 Å².